The minimum atomic E-state index is -0.141. The molecular weight excluding hydrogens is 404 g/mol. The Kier molecular flexibility index (Phi) is 4.48. The first-order chi connectivity index (χ1) is 16.0. The van der Waals surface area contributed by atoms with Crippen LogP contribution in [0.1, 0.15) is 47.2 Å². The standard InChI is InChI=1S/C31H24O2/c1-31(2,25-9-15-27(16-10-25)32-29-13-7-21-3-5-23(21)19-29)26-11-17-28(18-12-26)33-30-14-8-22-4-6-24(22)20-30/h3-20H,1-2H3. The molecule has 0 N–H and O–H groups in total. The third kappa shape index (κ3) is 3.64. The lowest BCUT2D eigenvalue weighted by atomic mass is 9.78. The van der Waals surface area contributed by atoms with Crippen LogP contribution in [-0.2, 0) is 5.41 Å². The Morgan fingerprint density at radius 3 is 1.12 bits per heavy atom. The van der Waals surface area contributed by atoms with Crippen LogP contribution in [-0.4, -0.2) is 0 Å². The molecule has 0 saturated carbocycles. The number of rotatable bonds is 6. The highest BCUT2D eigenvalue weighted by molar-refractivity contribution is 5.86. The fourth-order valence-corrected chi connectivity index (χ4v) is 4.31. The molecule has 0 unspecified atom stereocenters. The first-order valence-electron chi connectivity index (χ1n) is 11.3. The summed E-state index contributed by atoms with van der Waals surface area (Å²) in [4.78, 5) is 0. The van der Waals surface area contributed by atoms with E-state index in [0.717, 1.165) is 23.0 Å². The first kappa shape index (κ1) is 19.6. The summed E-state index contributed by atoms with van der Waals surface area (Å²) >= 11 is 0. The molecule has 0 radical (unpaired) electrons. The highest BCUT2D eigenvalue weighted by Crippen LogP contribution is 2.36. The molecule has 2 aliphatic carbocycles. The molecule has 4 aromatic carbocycles. The fourth-order valence-electron chi connectivity index (χ4n) is 4.31. The molecular formula is C31H24O2. The second-order valence-corrected chi connectivity index (χ2v) is 9.13. The van der Waals surface area contributed by atoms with Gasteiger partial charge >= 0.3 is 0 Å². The Morgan fingerprint density at radius 2 is 0.788 bits per heavy atom. The number of benzene rings is 4. The summed E-state index contributed by atoms with van der Waals surface area (Å²) in [6, 6.07) is 29.1. The molecule has 0 atom stereocenters. The van der Waals surface area contributed by atoms with Crippen molar-refractivity contribution in [3.8, 4) is 23.0 Å². The molecule has 6 rings (SSSR count). The maximum atomic E-state index is 6.06. The van der Waals surface area contributed by atoms with Gasteiger partial charge < -0.3 is 9.47 Å². The van der Waals surface area contributed by atoms with Crippen LogP contribution in [0, 0.1) is 0 Å². The molecule has 0 aliphatic heterocycles. The zero-order valence-electron chi connectivity index (χ0n) is 18.7. The summed E-state index contributed by atoms with van der Waals surface area (Å²) in [5, 5.41) is 0. The second kappa shape index (κ2) is 7.53. The Bertz CT molecular complexity index is 1300. The Balaban J connectivity index is 1.16. The minimum Gasteiger partial charge on any atom is -0.457 e. The van der Waals surface area contributed by atoms with Gasteiger partial charge in [-0.05, 0) is 81.9 Å². The van der Waals surface area contributed by atoms with Crippen LogP contribution in [0.3, 0.4) is 0 Å². The average Bonchev–Trinajstić information content (AvgIpc) is 2.78. The van der Waals surface area contributed by atoms with Crippen LogP contribution >= 0.6 is 0 Å². The van der Waals surface area contributed by atoms with Crippen LogP contribution in [0.2, 0.25) is 0 Å². The number of hydrogen-bond acceptors (Lipinski definition) is 2. The lowest BCUT2D eigenvalue weighted by Gasteiger charge is -2.26. The third-order valence-electron chi connectivity index (χ3n) is 6.62. The lowest BCUT2D eigenvalue weighted by molar-refractivity contribution is 0.481. The van der Waals surface area contributed by atoms with Gasteiger partial charge in [-0.25, -0.2) is 0 Å². The van der Waals surface area contributed by atoms with E-state index >= 15 is 0 Å². The smallest absolute Gasteiger partial charge is 0.128 e. The topological polar surface area (TPSA) is 18.5 Å². The molecule has 0 bridgehead atoms. The zero-order chi connectivity index (χ0) is 22.4. The van der Waals surface area contributed by atoms with Gasteiger partial charge in [0.15, 0.2) is 0 Å². The molecule has 33 heavy (non-hydrogen) atoms. The monoisotopic (exact) mass is 428 g/mol. The van der Waals surface area contributed by atoms with Gasteiger partial charge in [0.25, 0.3) is 0 Å². The quantitative estimate of drug-likeness (QED) is 0.264. The van der Waals surface area contributed by atoms with Crippen molar-refractivity contribution in [2.75, 3.05) is 0 Å². The number of ether oxygens (including phenoxy) is 2. The van der Waals surface area contributed by atoms with Gasteiger partial charge in [0, 0.05) is 5.41 Å². The van der Waals surface area contributed by atoms with Gasteiger partial charge in [-0.1, -0.05) is 74.5 Å². The van der Waals surface area contributed by atoms with Crippen LogP contribution in [0.25, 0.3) is 24.3 Å². The molecule has 4 aromatic rings. The second-order valence-electron chi connectivity index (χ2n) is 9.13. The molecule has 0 saturated heterocycles. The molecule has 0 aromatic heterocycles. The van der Waals surface area contributed by atoms with E-state index < -0.39 is 0 Å². The summed E-state index contributed by atoms with van der Waals surface area (Å²) in [6.45, 7) is 4.48. The molecule has 0 fully saturated rings. The summed E-state index contributed by atoms with van der Waals surface area (Å²) in [7, 11) is 0. The molecule has 2 heteroatoms. The molecule has 0 spiro atoms. The molecule has 2 nitrogen and oxygen atoms in total. The van der Waals surface area contributed by atoms with Crippen molar-refractivity contribution >= 4 is 24.3 Å². The van der Waals surface area contributed by atoms with Crippen molar-refractivity contribution in [2.45, 2.75) is 19.3 Å². The van der Waals surface area contributed by atoms with Crippen LogP contribution in [0.5, 0.6) is 23.0 Å². The van der Waals surface area contributed by atoms with E-state index in [1.165, 1.54) is 33.4 Å². The van der Waals surface area contributed by atoms with Crippen molar-refractivity contribution in [1.29, 1.82) is 0 Å². The predicted molar refractivity (Wildman–Crippen MR) is 136 cm³/mol. The van der Waals surface area contributed by atoms with Crippen LogP contribution in [0.15, 0.2) is 84.9 Å². The normalized spacial score (nSPS) is 12.9. The highest BCUT2D eigenvalue weighted by Gasteiger charge is 2.23. The van der Waals surface area contributed by atoms with E-state index in [1.54, 1.807) is 0 Å². The maximum absolute atomic E-state index is 6.06. The predicted octanol–water partition coefficient (Wildman–Crippen LogP) is 8.56. The zero-order valence-corrected chi connectivity index (χ0v) is 18.7. The average molecular weight is 429 g/mol. The van der Waals surface area contributed by atoms with E-state index in [2.05, 4.69) is 86.7 Å². The van der Waals surface area contributed by atoms with Crippen molar-refractivity contribution in [1.82, 2.24) is 0 Å². The van der Waals surface area contributed by atoms with Gasteiger partial charge in [0.05, 0.1) is 0 Å². The van der Waals surface area contributed by atoms with Crippen molar-refractivity contribution in [3.63, 3.8) is 0 Å². The van der Waals surface area contributed by atoms with E-state index in [4.69, 9.17) is 9.47 Å². The van der Waals surface area contributed by atoms with Crippen LogP contribution in [0.4, 0.5) is 0 Å². The SMILES string of the molecule is CC(C)(c1ccc(Oc2ccc3c(c2)C=C3)cc1)c1ccc(Oc2ccc3c(c2)C=C3)cc1. The number of hydrogen-bond donors (Lipinski definition) is 0. The van der Waals surface area contributed by atoms with Crippen molar-refractivity contribution in [3.05, 3.63) is 118 Å². The highest BCUT2D eigenvalue weighted by atomic mass is 16.5. The summed E-state index contributed by atoms with van der Waals surface area (Å²) < 4.78 is 12.1. The van der Waals surface area contributed by atoms with E-state index in [-0.39, 0.29) is 5.41 Å². The van der Waals surface area contributed by atoms with Gasteiger partial charge in [-0.15, -0.1) is 0 Å². The molecule has 0 heterocycles. The maximum Gasteiger partial charge on any atom is 0.128 e. The van der Waals surface area contributed by atoms with Gasteiger partial charge in [-0.2, -0.15) is 0 Å². The van der Waals surface area contributed by atoms with E-state index in [0.29, 0.717) is 0 Å². The largest absolute Gasteiger partial charge is 0.457 e. The van der Waals surface area contributed by atoms with Gasteiger partial charge in [-0.3, -0.25) is 0 Å². The molecule has 0 amide bonds. The summed E-state index contributed by atoms with van der Waals surface area (Å²) in [5.74, 6) is 3.42. The molecule has 160 valence electrons. The van der Waals surface area contributed by atoms with Crippen LogP contribution < -0.4 is 9.47 Å². The summed E-state index contributed by atoms with van der Waals surface area (Å²) in [6.07, 6.45) is 8.42. The first-order valence-corrected chi connectivity index (χ1v) is 11.3. The Hall–Kier alpha value is -4.04. The lowest BCUT2D eigenvalue weighted by Crippen LogP contribution is -2.18. The fraction of sp³-hybridized carbons (Fsp3) is 0.0968. The van der Waals surface area contributed by atoms with Gasteiger partial charge in [0.2, 0.25) is 0 Å². The minimum absolute atomic E-state index is 0.141. The van der Waals surface area contributed by atoms with Crippen molar-refractivity contribution < 1.29 is 9.47 Å². The van der Waals surface area contributed by atoms with E-state index in [9.17, 15) is 0 Å². The Labute approximate surface area is 194 Å². The van der Waals surface area contributed by atoms with Gasteiger partial charge in [0.1, 0.15) is 23.0 Å². The van der Waals surface area contributed by atoms with E-state index in [1.807, 2.05) is 36.4 Å². The summed E-state index contributed by atoms with van der Waals surface area (Å²) in [5.41, 5.74) is 7.33. The number of fused-ring (bicyclic) bond motifs is 2. The third-order valence-corrected chi connectivity index (χ3v) is 6.62. The molecule has 2 aliphatic rings. The van der Waals surface area contributed by atoms with Crippen molar-refractivity contribution in [2.24, 2.45) is 0 Å². The Morgan fingerprint density at radius 1 is 0.424 bits per heavy atom.